The number of hydrogen-bond donors (Lipinski definition) is 1. The van der Waals surface area contributed by atoms with Crippen molar-refractivity contribution in [2.45, 2.75) is 45.4 Å². The molecule has 3 aliphatic rings. The number of halogens is 1. The molecule has 8 heteroatoms. The molecular weight excluding hydrogens is 332 g/mol. The van der Waals surface area contributed by atoms with Crippen LogP contribution in [0, 0.1) is 11.8 Å². The minimum Gasteiger partial charge on any atom is -0.449 e. The SMILES string of the molecule is CC(C)CCCOC(=O)Nc1noc(C2CN3CCC2CC3)n1.Cl. The molecule has 3 saturated heterocycles. The fourth-order valence-electron chi connectivity index (χ4n) is 3.47. The van der Waals surface area contributed by atoms with Crippen LogP contribution in [0.4, 0.5) is 10.7 Å². The number of nitrogens with one attached hydrogen (secondary N) is 1. The minimum atomic E-state index is -0.518. The number of carbonyl (C=O) groups is 1. The maximum Gasteiger partial charge on any atom is 0.414 e. The summed E-state index contributed by atoms with van der Waals surface area (Å²) in [5.74, 6) is 2.36. The summed E-state index contributed by atoms with van der Waals surface area (Å²) < 4.78 is 10.5. The second kappa shape index (κ2) is 8.67. The lowest BCUT2D eigenvalue weighted by molar-refractivity contribution is 0.0727. The molecule has 1 N–H and O–H groups in total. The van der Waals surface area contributed by atoms with Crippen molar-refractivity contribution >= 4 is 24.4 Å². The number of nitrogens with zero attached hydrogens (tertiary/aromatic N) is 3. The Morgan fingerprint density at radius 2 is 2.17 bits per heavy atom. The van der Waals surface area contributed by atoms with E-state index in [9.17, 15) is 4.79 Å². The van der Waals surface area contributed by atoms with Gasteiger partial charge in [0.2, 0.25) is 5.89 Å². The molecule has 0 aromatic carbocycles. The average molecular weight is 359 g/mol. The summed E-state index contributed by atoms with van der Waals surface area (Å²) in [4.78, 5) is 18.5. The second-order valence-electron chi connectivity index (χ2n) is 7.00. The van der Waals surface area contributed by atoms with Crippen molar-refractivity contribution in [1.82, 2.24) is 15.0 Å². The first-order valence-electron chi connectivity index (χ1n) is 8.61. The molecule has 0 aliphatic carbocycles. The van der Waals surface area contributed by atoms with Crippen LogP contribution < -0.4 is 5.32 Å². The van der Waals surface area contributed by atoms with Crippen LogP contribution in [0.2, 0.25) is 0 Å². The number of amides is 1. The Hall–Kier alpha value is -1.34. The number of piperidine rings is 3. The summed E-state index contributed by atoms with van der Waals surface area (Å²) in [6.45, 7) is 8.03. The van der Waals surface area contributed by atoms with E-state index in [4.69, 9.17) is 9.26 Å². The molecule has 1 aromatic heterocycles. The molecule has 1 unspecified atom stereocenters. The Balaban J connectivity index is 0.00000208. The zero-order valence-electron chi connectivity index (χ0n) is 14.4. The third kappa shape index (κ3) is 4.83. The number of ether oxygens (including phenoxy) is 1. The van der Waals surface area contributed by atoms with E-state index in [1.54, 1.807) is 0 Å². The van der Waals surface area contributed by atoms with Crippen molar-refractivity contribution in [1.29, 1.82) is 0 Å². The van der Waals surface area contributed by atoms with Gasteiger partial charge in [-0.1, -0.05) is 13.8 Å². The number of rotatable bonds is 6. The topological polar surface area (TPSA) is 80.5 Å². The molecular formula is C16H27ClN4O3. The van der Waals surface area contributed by atoms with E-state index in [2.05, 4.69) is 34.2 Å². The smallest absolute Gasteiger partial charge is 0.414 e. The van der Waals surface area contributed by atoms with Gasteiger partial charge in [0.25, 0.3) is 5.95 Å². The van der Waals surface area contributed by atoms with Gasteiger partial charge in [0, 0.05) is 6.54 Å². The van der Waals surface area contributed by atoms with Gasteiger partial charge in [-0.25, -0.2) is 4.79 Å². The predicted octanol–water partition coefficient (Wildman–Crippen LogP) is 3.29. The molecule has 7 nitrogen and oxygen atoms in total. The fourth-order valence-corrected chi connectivity index (χ4v) is 3.47. The van der Waals surface area contributed by atoms with Crippen LogP contribution in [-0.2, 0) is 4.74 Å². The zero-order chi connectivity index (χ0) is 16.2. The normalized spacial score (nSPS) is 25.4. The molecule has 1 aromatic rings. The third-order valence-electron chi connectivity index (χ3n) is 4.79. The molecule has 24 heavy (non-hydrogen) atoms. The van der Waals surface area contributed by atoms with Crippen LogP contribution >= 0.6 is 12.4 Å². The van der Waals surface area contributed by atoms with E-state index < -0.39 is 6.09 Å². The van der Waals surface area contributed by atoms with Crippen LogP contribution in [0.5, 0.6) is 0 Å². The molecule has 2 bridgehead atoms. The maximum absolute atomic E-state index is 11.7. The van der Waals surface area contributed by atoms with E-state index in [1.807, 2.05) is 0 Å². The van der Waals surface area contributed by atoms with Crippen LogP contribution in [-0.4, -0.2) is 47.4 Å². The molecule has 1 atom stereocenters. The van der Waals surface area contributed by atoms with Crippen LogP contribution in [0.1, 0.15) is 51.3 Å². The summed E-state index contributed by atoms with van der Waals surface area (Å²) in [7, 11) is 0. The van der Waals surface area contributed by atoms with Gasteiger partial charge in [0.1, 0.15) is 0 Å². The lowest BCUT2D eigenvalue weighted by atomic mass is 9.79. The van der Waals surface area contributed by atoms with Crippen molar-refractivity contribution in [3.05, 3.63) is 5.89 Å². The maximum atomic E-state index is 11.7. The highest BCUT2D eigenvalue weighted by atomic mass is 35.5. The lowest BCUT2D eigenvalue weighted by Crippen LogP contribution is -2.46. The first-order valence-corrected chi connectivity index (χ1v) is 8.61. The van der Waals surface area contributed by atoms with Crippen molar-refractivity contribution in [2.75, 3.05) is 31.6 Å². The van der Waals surface area contributed by atoms with E-state index in [-0.39, 0.29) is 18.4 Å². The highest BCUT2D eigenvalue weighted by Crippen LogP contribution is 2.38. The lowest BCUT2D eigenvalue weighted by Gasteiger charge is -2.43. The Labute approximate surface area is 148 Å². The van der Waals surface area contributed by atoms with Gasteiger partial charge in [-0.3, -0.25) is 5.32 Å². The van der Waals surface area contributed by atoms with Gasteiger partial charge in [0.15, 0.2) is 0 Å². The van der Waals surface area contributed by atoms with E-state index in [1.165, 1.54) is 25.9 Å². The molecule has 0 spiro atoms. The summed E-state index contributed by atoms with van der Waals surface area (Å²) >= 11 is 0. The Morgan fingerprint density at radius 1 is 1.42 bits per heavy atom. The van der Waals surface area contributed by atoms with Crippen LogP contribution in [0.3, 0.4) is 0 Å². The monoisotopic (exact) mass is 358 g/mol. The summed E-state index contributed by atoms with van der Waals surface area (Å²) in [6, 6.07) is 0. The van der Waals surface area contributed by atoms with Gasteiger partial charge in [-0.2, -0.15) is 4.98 Å². The Bertz CT molecular complexity index is 529. The van der Waals surface area contributed by atoms with Gasteiger partial charge < -0.3 is 14.2 Å². The highest BCUT2D eigenvalue weighted by molar-refractivity contribution is 5.85. The highest BCUT2D eigenvalue weighted by Gasteiger charge is 2.38. The van der Waals surface area contributed by atoms with E-state index >= 15 is 0 Å². The van der Waals surface area contributed by atoms with Gasteiger partial charge in [-0.15, -0.1) is 12.4 Å². The Kier molecular flexibility index (Phi) is 6.86. The molecule has 4 heterocycles. The van der Waals surface area contributed by atoms with Crippen molar-refractivity contribution < 1.29 is 14.1 Å². The molecule has 3 aliphatic heterocycles. The minimum absolute atomic E-state index is 0. The molecule has 3 fully saturated rings. The summed E-state index contributed by atoms with van der Waals surface area (Å²) in [5.41, 5.74) is 0. The third-order valence-corrected chi connectivity index (χ3v) is 4.79. The second-order valence-corrected chi connectivity index (χ2v) is 7.00. The largest absolute Gasteiger partial charge is 0.449 e. The fraction of sp³-hybridized carbons (Fsp3) is 0.812. The standard InChI is InChI=1S/C16H26N4O3.ClH/c1-11(2)4-3-9-22-16(21)18-15-17-14(23-19-15)13-10-20-7-5-12(13)6-8-20;/h11-13H,3-10H2,1-2H3,(H,18,19,21);1H. The predicted molar refractivity (Wildman–Crippen MR) is 92.5 cm³/mol. The zero-order valence-corrected chi connectivity index (χ0v) is 15.2. The molecule has 0 radical (unpaired) electrons. The van der Waals surface area contributed by atoms with Gasteiger partial charge >= 0.3 is 6.09 Å². The molecule has 1 amide bonds. The number of carbonyl (C=O) groups excluding carboxylic acids is 1. The first kappa shape index (κ1) is 19.0. The van der Waals surface area contributed by atoms with Gasteiger partial charge in [-0.05, 0) is 55.8 Å². The first-order chi connectivity index (χ1) is 11.1. The van der Waals surface area contributed by atoms with Crippen molar-refractivity contribution in [2.24, 2.45) is 11.8 Å². The van der Waals surface area contributed by atoms with Crippen LogP contribution in [0.15, 0.2) is 4.52 Å². The van der Waals surface area contributed by atoms with E-state index in [0.717, 1.165) is 19.4 Å². The molecule has 0 saturated carbocycles. The molecule has 136 valence electrons. The van der Waals surface area contributed by atoms with Crippen molar-refractivity contribution in [3.63, 3.8) is 0 Å². The quantitative estimate of drug-likeness (QED) is 0.786. The molecule has 4 rings (SSSR count). The van der Waals surface area contributed by atoms with Gasteiger partial charge in [0.05, 0.1) is 12.5 Å². The number of aromatic nitrogens is 2. The number of hydrogen-bond acceptors (Lipinski definition) is 6. The van der Waals surface area contributed by atoms with Crippen LogP contribution in [0.25, 0.3) is 0 Å². The Morgan fingerprint density at radius 3 is 2.79 bits per heavy atom. The summed E-state index contributed by atoms with van der Waals surface area (Å²) in [5, 5.41) is 6.40. The van der Waals surface area contributed by atoms with E-state index in [0.29, 0.717) is 30.3 Å². The van der Waals surface area contributed by atoms with Crippen molar-refractivity contribution in [3.8, 4) is 0 Å². The number of fused-ring (bicyclic) bond motifs is 3. The average Bonchev–Trinajstić information content (AvgIpc) is 3.01. The summed E-state index contributed by atoms with van der Waals surface area (Å²) in [6.07, 6.45) is 3.76. The number of anilines is 1.